The molecule has 0 saturated carbocycles. The monoisotopic (exact) mass is 438 g/mol. The molecule has 1 unspecified atom stereocenters. The Balaban J connectivity index is 1.43. The second-order valence-electron chi connectivity index (χ2n) is 8.41. The second-order valence-corrected chi connectivity index (χ2v) is 8.41. The lowest BCUT2D eigenvalue weighted by molar-refractivity contribution is 0.0958. The molecule has 3 heterocycles. The highest BCUT2D eigenvalue weighted by Crippen LogP contribution is 2.32. The Morgan fingerprint density at radius 1 is 1.03 bits per heavy atom. The fraction of sp³-hybridized carbons (Fsp3) is 0.231. The number of rotatable bonds is 5. The topological polar surface area (TPSA) is 84.7 Å². The summed E-state index contributed by atoms with van der Waals surface area (Å²) >= 11 is 0. The van der Waals surface area contributed by atoms with E-state index in [-0.39, 0.29) is 11.9 Å². The molecule has 0 saturated heterocycles. The number of anilines is 2. The average molecular weight is 439 g/mol. The number of carbonyl (C=O) groups is 1. The van der Waals surface area contributed by atoms with Crippen molar-refractivity contribution in [1.82, 2.24) is 25.1 Å². The fourth-order valence-corrected chi connectivity index (χ4v) is 4.11. The number of hydrogen-bond acceptors (Lipinski definition) is 5. The molecule has 33 heavy (non-hydrogen) atoms. The summed E-state index contributed by atoms with van der Waals surface area (Å²) in [7, 11) is 0. The summed E-state index contributed by atoms with van der Waals surface area (Å²) in [4.78, 5) is 21.3. The standard InChI is InChI=1S/C26H26N6O/c1-5-32-26(29-23-13-21-17(4)28-25(33)22(21)12-15(23)2)30-24(31-32)19-10-8-18(9-11-19)20-7-6-16(3)27-14-20/h6-14,17H,5H2,1-4H3,(H,28,33)(H,29,30,31). The Morgan fingerprint density at radius 3 is 2.45 bits per heavy atom. The van der Waals surface area contributed by atoms with E-state index >= 15 is 0 Å². The molecule has 5 rings (SSSR count). The average Bonchev–Trinajstić information content (AvgIpc) is 3.35. The van der Waals surface area contributed by atoms with E-state index in [0.717, 1.165) is 44.8 Å². The third-order valence-electron chi connectivity index (χ3n) is 6.06. The first-order chi connectivity index (χ1) is 15.9. The van der Waals surface area contributed by atoms with E-state index in [2.05, 4.69) is 33.8 Å². The van der Waals surface area contributed by atoms with Crippen LogP contribution in [0.3, 0.4) is 0 Å². The van der Waals surface area contributed by atoms with Crippen LogP contribution in [0.4, 0.5) is 11.6 Å². The number of amides is 1. The second kappa shape index (κ2) is 8.16. The fourth-order valence-electron chi connectivity index (χ4n) is 4.11. The number of nitrogens with zero attached hydrogens (tertiary/aromatic N) is 4. The quantitative estimate of drug-likeness (QED) is 0.448. The minimum atomic E-state index is -0.0176. The predicted octanol–water partition coefficient (Wildman–Crippen LogP) is 5.19. The van der Waals surface area contributed by atoms with Crippen LogP contribution in [0, 0.1) is 13.8 Å². The summed E-state index contributed by atoms with van der Waals surface area (Å²) in [5.74, 6) is 1.32. The van der Waals surface area contributed by atoms with Crippen LogP contribution < -0.4 is 10.6 Å². The Hall–Kier alpha value is -4.00. The minimum Gasteiger partial charge on any atom is -0.345 e. The van der Waals surface area contributed by atoms with Crippen molar-refractivity contribution in [2.75, 3.05) is 5.32 Å². The smallest absolute Gasteiger partial charge is 0.252 e. The lowest BCUT2D eigenvalue weighted by atomic mass is 10.0. The molecular formula is C26H26N6O. The SMILES string of the molecule is CCn1nc(-c2ccc(-c3ccc(C)nc3)cc2)nc1Nc1cc2c(cc1C)C(=O)NC2C. The molecule has 4 aromatic rings. The lowest BCUT2D eigenvalue weighted by Gasteiger charge is -2.12. The highest BCUT2D eigenvalue weighted by molar-refractivity contribution is 6.00. The van der Waals surface area contributed by atoms with Gasteiger partial charge in [0.25, 0.3) is 5.91 Å². The van der Waals surface area contributed by atoms with E-state index < -0.39 is 0 Å². The van der Waals surface area contributed by atoms with Gasteiger partial charge in [-0.15, -0.1) is 5.10 Å². The largest absolute Gasteiger partial charge is 0.345 e. The van der Waals surface area contributed by atoms with E-state index in [1.165, 1.54) is 0 Å². The summed E-state index contributed by atoms with van der Waals surface area (Å²) in [6, 6.07) is 16.3. The van der Waals surface area contributed by atoms with Gasteiger partial charge in [-0.25, -0.2) is 4.68 Å². The van der Waals surface area contributed by atoms with E-state index in [4.69, 9.17) is 10.1 Å². The molecule has 1 amide bonds. The van der Waals surface area contributed by atoms with Gasteiger partial charge in [0.2, 0.25) is 5.95 Å². The number of nitrogens with one attached hydrogen (secondary N) is 2. The van der Waals surface area contributed by atoms with Gasteiger partial charge in [0, 0.05) is 40.8 Å². The van der Waals surface area contributed by atoms with Gasteiger partial charge in [0.05, 0.1) is 6.04 Å². The Morgan fingerprint density at radius 2 is 1.76 bits per heavy atom. The van der Waals surface area contributed by atoms with Crippen molar-refractivity contribution >= 4 is 17.5 Å². The molecule has 7 nitrogen and oxygen atoms in total. The van der Waals surface area contributed by atoms with Crippen LogP contribution in [0.15, 0.2) is 54.7 Å². The summed E-state index contributed by atoms with van der Waals surface area (Å²) < 4.78 is 1.85. The van der Waals surface area contributed by atoms with Gasteiger partial charge in [-0.1, -0.05) is 30.3 Å². The molecule has 166 valence electrons. The highest BCUT2D eigenvalue weighted by Gasteiger charge is 2.26. The Kier molecular flexibility index (Phi) is 5.17. The van der Waals surface area contributed by atoms with Gasteiger partial charge in [-0.05, 0) is 62.6 Å². The molecule has 2 aromatic heterocycles. The van der Waals surface area contributed by atoms with Gasteiger partial charge < -0.3 is 10.6 Å². The summed E-state index contributed by atoms with van der Waals surface area (Å²) in [6.07, 6.45) is 1.89. The molecule has 1 aliphatic rings. The van der Waals surface area contributed by atoms with Gasteiger partial charge in [-0.2, -0.15) is 4.98 Å². The van der Waals surface area contributed by atoms with Gasteiger partial charge >= 0.3 is 0 Å². The third kappa shape index (κ3) is 3.86. The molecule has 0 aliphatic carbocycles. The first-order valence-electron chi connectivity index (χ1n) is 11.1. The zero-order valence-electron chi connectivity index (χ0n) is 19.2. The van der Waals surface area contributed by atoms with Crippen molar-refractivity contribution in [1.29, 1.82) is 0 Å². The maximum absolute atomic E-state index is 12.1. The summed E-state index contributed by atoms with van der Waals surface area (Å²) in [5, 5.41) is 11.1. The van der Waals surface area contributed by atoms with E-state index in [1.807, 2.05) is 68.9 Å². The minimum absolute atomic E-state index is 0.00417. The molecule has 7 heteroatoms. The maximum Gasteiger partial charge on any atom is 0.252 e. The van der Waals surface area contributed by atoms with Crippen LogP contribution in [0.1, 0.15) is 47.1 Å². The van der Waals surface area contributed by atoms with E-state index in [9.17, 15) is 4.79 Å². The van der Waals surface area contributed by atoms with E-state index in [1.54, 1.807) is 0 Å². The number of carbonyl (C=O) groups excluding carboxylic acids is 1. The molecule has 0 bridgehead atoms. The van der Waals surface area contributed by atoms with Crippen LogP contribution in [0.2, 0.25) is 0 Å². The van der Waals surface area contributed by atoms with Crippen LogP contribution >= 0.6 is 0 Å². The number of benzene rings is 2. The molecular weight excluding hydrogens is 412 g/mol. The number of aryl methyl sites for hydroxylation is 3. The maximum atomic E-state index is 12.1. The van der Waals surface area contributed by atoms with Gasteiger partial charge in [0.1, 0.15) is 0 Å². The molecule has 0 radical (unpaired) electrons. The Labute approximate surface area is 192 Å². The van der Waals surface area contributed by atoms with Crippen LogP contribution in [0.25, 0.3) is 22.5 Å². The molecule has 1 aliphatic heterocycles. The predicted molar refractivity (Wildman–Crippen MR) is 129 cm³/mol. The number of fused-ring (bicyclic) bond motifs is 1. The van der Waals surface area contributed by atoms with Crippen molar-refractivity contribution in [2.24, 2.45) is 0 Å². The molecule has 0 fully saturated rings. The Bertz CT molecular complexity index is 1340. The van der Waals surface area contributed by atoms with Gasteiger partial charge in [0.15, 0.2) is 5.82 Å². The van der Waals surface area contributed by atoms with Crippen molar-refractivity contribution < 1.29 is 4.79 Å². The van der Waals surface area contributed by atoms with Crippen molar-refractivity contribution in [2.45, 2.75) is 40.3 Å². The third-order valence-corrected chi connectivity index (χ3v) is 6.06. The summed E-state index contributed by atoms with van der Waals surface area (Å²) in [5.41, 5.74) is 7.78. The van der Waals surface area contributed by atoms with Crippen LogP contribution in [-0.4, -0.2) is 25.7 Å². The molecule has 1 atom stereocenters. The number of pyridine rings is 1. The first kappa shape index (κ1) is 20.9. The van der Waals surface area contributed by atoms with E-state index in [0.29, 0.717) is 18.3 Å². The van der Waals surface area contributed by atoms with Crippen molar-refractivity contribution in [3.63, 3.8) is 0 Å². The molecule has 2 aromatic carbocycles. The van der Waals surface area contributed by atoms with Crippen molar-refractivity contribution in [3.8, 4) is 22.5 Å². The van der Waals surface area contributed by atoms with Gasteiger partial charge in [-0.3, -0.25) is 9.78 Å². The normalized spacial score (nSPS) is 14.8. The van der Waals surface area contributed by atoms with Crippen molar-refractivity contribution in [3.05, 3.63) is 77.1 Å². The van der Waals surface area contributed by atoms with Crippen LogP contribution in [-0.2, 0) is 6.54 Å². The molecule has 0 spiro atoms. The molecule has 2 N–H and O–H groups in total. The lowest BCUT2D eigenvalue weighted by Crippen LogP contribution is -2.16. The number of aromatic nitrogens is 4. The summed E-state index contributed by atoms with van der Waals surface area (Å²) in [6.45, 7) is 8.69. The highest BCUT2D eigenvalue weighted by atomic mass is 16.2. The number of hydrogen-bond donors (Lipinski definition) is 2. The zero-order chi connectivity index (χ0) is 23.1. The van der Waals surface area contributed by atoms with Crippen LogP contribution in [0.5, 0.6) is 0 Å². The zero-order valence-corrected chi connectivity index (χ0v) is 19.2. The first-order valence-corrected chi connectivity index (χ1v) is 11.1.